The van der Waals surface area contributed by atoms with Gasteiger partial charge in [-0.2, -0.15) is 0 Å². The maximum atomic E-state index is 12.8. The van der Waals surface area contributed by atoms with Gasteiger partial charge in [-0.3, -0.25) is 4.79 Å². The number of nitrogens with zero attached hydrogens (tertiary/aromatic N) is 3. The lowest BCUT2D eigenvalue weighted by atomic mass is 10.1. The van der Waals surface area contributed by atoms with Crippen LogP contribution in [0.2, 0.25) is 0 Å². The van der Waals surface area contributed by atoms with E-state index in [-0.39, 0.29) is 11.9 Å². The number of imidazole rings is 1. The topological polar surface area (TPSA) is 50.2 Å². The van der Waals surface area contributed by atoms with E-state index in [4.69, 9.17) is 4.98 Å². The van der Waals surface area contributed by atoms with Gasteiger partial charge >= 0.3 is 0 Å². The smallest absolute Gasteiger partial charge is 0.244 e. The largest absolute Gasteiger partial charge is 0.335 e. The number of carbonyl (C=O) groups is 1. The number of carbonyl (C=O) groups excluding carboxylic acids is 1. The fourth-order valence-corrected chi connectivity index (χ4v) is 3.30. The molecule has 4 rings (SSSR count). The first-order valence-electron chi connectivity index (χ1n) is 8.46. The molecule has 0 spiro atoms. The molecule has 3 heterocycles. The Bertz CT molecular complexity index is 667. The zero-order valence-corrected chi connectivity index (χ0v) is 13.2. The highest BCUT2D eigenvalue weighted by atomic mass is 16.2. The summed E-state index contributed by atoms with van der Waals surface area (Å²) in [7, 11) is 0. The number of para-hydroxylation sites is 1. The standard InChI is InChI=1S/C18H22N4O/c23-18(16-9-10-19-16)22(15-6-2-1-3-7-15)13-14-12-21-11-5-4-8-17(21)20-14/h1-3,6-7,12,16,19H,4-5,8-11,13H2/t16-/m1/s1. The van der Waals surface area contributed by atoms with Gasteiger partial charge in [0.15, 0.2) is 0 Å². The van der Waals surface area contributed by atoms with Crippen LogP contribution in [0.15, 0.2) is 36.5 Å². The number of nitrogens with one attached hydrogen (secondary N) is 1. The van der Waals surface area contributed by atoms with Crippen molar-refractivity contribution >= 4 is 11.6 Å². The van der Waals surface area contributed by atoms with Crippen LogP contribution in [0.1, 0.15) is 30.8 Å². The SMILES string of the molecule is O=C([C@H]1CCN1)N(Cc1cn2c(n1)CCCC2)c1ccccc1. The molecule has 1 amide bonds. The van der Waals surface area contributed by atoms with E-state index in [0.29, 0.717) is 6.54 Å². The summed E-state index contributed by atoms with van der Waals surface area (Å²) >= 11 is 0. The van der Waals surface area contributed by atoms with Crippen LogP contribution in [-0.2, 0) is 24.3 Å². The first-order valence-corrected chi connectivity index (χ1v) is 8.46. The summed E-state index contributed by atoms with van der Waals surface area (Å²) in [5, 5.41) is 3.21. The lowest BCUT2D eigenvalue weighted by molar-refractivity contribution is -0.122. The normalized spacial score (nSPS) is 19.7. The Morgan fingerprint density at radius 1 is 1.30 bits per heavy atom. The third-order valence-electron chi connectivity index (χ3n) is 4.73. The van der Waals surface area contributed by atoms with Crippen molar-refractivity contribution in [1.82, 2.24) is 14.9 Å². The number of aryl methyl sites for hydroxylation is 2. The number of fused-ring (bicyclic) bond motifs is 1. The highest BCUT2D eigenvalue weighted by Crippen LogP contribution is 2.21. The molecule has 2 aromatic rings. The monoisotopic (exact) mass is 310 g/mol. The quantitative estimate of drug-likeness (QED) is 0.941. The van der Waals surface area contributed by atoms with Crippen LogP contribution < -0.4 is 10.2 Å². The Balaban J connectivity index is 1.60. The van der Waals surface area contributed by atoms with Crippen molar-refractivity contribution in [3.05, 3.63) is 48.0 Å². The number of aromatic nitrogens is 2. The molecule has 1 fully saturated rings. The Labute approximate surface area is 136 Å². The molecule has 1 atom stereocenters. The third-order valence-corrected chi connectivity index (χ3v) is 4.73. The van der Waals surface area contributed by atoms with Gasteiger partial charge in [0.05, 0.1) is 18.3 Å². The Morgan fingerprint density at radius 2 is 2.13 bits per heavy atom. The lowest BCUT2D eigenvalue weighted by Gasteiger charge is -2.32. The maximum absolute atomic E-state index is 12.8. The fourth-order valence-electron chi connectivity index (χ4n) is 3.30. The van der Waals surface area contributed by atoms with E-state index in [0.717, 1.165) is 43.1 Å². The molecule has 5 nitrogen and oxygen atoms in total. The minimum Gasteiger partial charge on any atom is -0.335 e. The van der Waals surface area contributed by atoms with E-state index < -0.39 is 0 Å². The first-order chi connectivity index (χ1) is 11.3. The average molecular weight is 310 g/mol. The molecule has 0 aliphatic carbocycles. The molecule has 2 aliphatic heterocycles. The highest BCUT2D eigenvalue weighted by Gasteiger charge is 2.30. The van der Waals surface area contributed by atoms with E-state index in [9.17, 15) is 4.79 Å². The summed E-state index contributed by atoms with van der Waals surface area (Å²) in [6.45, 7) is 2.52. The summed E-state index contributed by atoms with van der Waals surface area (Å²) < 4.78 is 2.24. The van der Waals surface area contributed by atoms with Gasteiger partial charge in [0.1, 0.15) is 5.82 Å². The van der Waals surface area contributed by atoms with Crippen molar-refractivity contribution in [2.45, 2.75) is 44.8 Å². The second-order valence-corrected chi connectivity index (χ2v) is 6.35. The summed E-state index contributed by atoms with van der Waals surface area (Å²) in [5.41, 5.74) is 1.93. The van der Waals surface area contributed by atoms with Crippen molar-refractivity contribution in [2.24, 2.45) is 0 Å². The number of anilines is 1. The molecule has 0 radical (unpaired) electrons. The molecular weight excluding hydrogens is 288 g/mol. The molecule has 2 aliphatic rings. The van der Waals surface area contributed by atoms with Crippen molar-refractivity contribution in [1.29, 1.82) is 0 Å². The Kier molecular flexibility index (Phi) is 3.87. The van der Waals surface area contributed by atoms with Gasteiger partial charge in [0, 0.05) is 24.8 Å². The summed E-state index contributed by atoms with van der Waals surface area (Å²) in [5.74, 6) is 1.31. The predicted molar refractivity (Wildman–Crippen MR) is 89.2 cm³/mol. The number of benzene rings is 1. The minimum atomic E-state index is -0.0487. The molecule has 1 N–H and O–H groups in total. The number of hydrogen-bond acceptors (Lipinski definition) is 3. The van der Waals surface area contributed by atoms with Crippen LogP contribution in [0.3, 0.4) is 0 Å². The van der Waals surface area contributed by atoms with Gasteiger partial charge in [-0.25, -0.2) is 4.98 Å². The third kappa shape index (κ3) is 2.88. The van der Waals surface area contributed by atoms with Crippen molar-refractivity contribution in [3.63, 3.8) is 0 Å². The van der Waals surface area contributed by atoms with E-state index in [1.807, 2.05) is 35.2 Å². The Morgan fingerprint density at radius 3 is 2.83 bits per heavy atom. The summed E-state index contributed by atoms with van der Waals surface area (Å²) in [4.78, 5) is 19.4. The van der Waals surface area contributed by atoms with E-state index in [1.165, 1.54) is 12.8 Å². The zero-order valence-electron chi connectivity index (χ0n) is 13.2. The zero-order chi connectivity index (χ0) is 15.6. The number of amides is 1. The van der Waals surface area contributed by atoms with Gasteiger partial charge in [-0.05, 0) is 37.9 Å². The fraction of sp³-hybridized carbons (Fsp3) is 0.444. The van der Waals surface area contributed by atoms with Crippen LogP contribution in [0.25, 0.3) is 0 Å². The first kappa shape index (κ1) is 14.5. The molecule has 0 bridgehead atoms. The molecule has 120 valence electrons. The minimum absolute atomic E-state index is 0.0487. The average Bonchev–Trinajstić information content (AvgIpc) is 2.94. The van der Waals surface area contributed by atoms with E-state index in [1.54, 1.807) is 0 Å². The van der Waals surface area contributed by atoms with Crippen LogP contribution >= 0.6 is 0 Å². The maximum Gasteiger partial charge on any atom is 0.244 e. The molecule has 23 heavy (non-hydrogen) atoms. The molecule has 1 aromatic heterocycles. The molecule has 5 heteroatoms. The van der Waals surface area contributed by atoms with Crippen molar-refractivity contribution in [2.75, 3.05) is 11.4 Å². The van der Waals surface area contributed by atoms with E-state index >= 15 is 0 Å². The summed E-state index contributed by atoms with van der Waals surface area (Å²) in [6.07, 6.45) is 6.51. The van der Waals surface area contributed by atoms with Gasteiger partial charge in [0.25, 0.3) is 0 Å². The van der Waals surface area contributed by atoms with Gasteiger partial charge in [-0.15, -0.1) is 0 Å². The number of hydrogen-bond donors (Lipinski definition) is 1. The highest BCUT2D eigenvalue weighted by molar-refractivity contribution is 5.97. The molecule has 1 aromatic carbocycles. The van der Waals surface area contributed by atoms with Crippen LogP contribution in [-0.4, -0.2) is 28.0 Å². The van der Waals surface area contributed by atoms with Crippen molar-refractivity contribution in [3.8, 4) is 0 Å². The van der Waals surface area contributed by atoms with Gasteiger partial charge in [-0.1, -0.05) is 18.2 Å². The van der Waals surface area contributed by atoms with Crippen molar-refractivity contribution < 1.29 is 4.79 Å². The van der Waals surface area contributed by atoms with Gasteiger partial charge < -0.3 is 14.8 Å². The molecule has 0 saturated carbocycles. The molecular formula is C18H22N4O. The predicted octanol–water partition coefficient (Wildman–Crippen LogP) is 2.11. The second kappa shape index (κ2) is 6.16. The summed E-state index contributed by atoms with van der Waals surface area (Å²) in [6, 6.07) is 9.86. The van der Waals surface area contributed by atoms with Crippen LogP contribution in [0.5, 0.6) is 0 Å². The molecule has 0 unspecified atom stereocenters. The lowest BCUT2D eigenvalue weighted by Crippen LogP contribution is -2.54. The van der Waals surface area contributed by atoms with Crippen LogP contribution in [0, 0.1) is 0 Å². The van der Waals surface area contributed by atoms with Crippen LogP contribution in [0.4, 0.5) is 5.69 Å². The molecule has 1 saturated heterocycles. The van der Waals surface area contributed by atoms with Gasteiger partial charge in [0.2, 0.25) is 5.91 Å². The Hall–Kier alpha value is -2.14. The number of rotatable bonds is 4. The van der Waals surface area contributed by atoms with E-state index in [2.05, 4.69) is 16.1 Å². The second-order valence-electron chi connectivity index (χ2n) is 6.35.